The molecule has 0 saturated carbocycles. The molecule has 0 radical (unpaired) electrons. The van der Waals surface area contributed by atoms with Gasteiger partial charge in [-0.05, 0) is 42.5 Å². The van der Waals surface area contributed by atoms with Crippen LogP contribution in [0.1, 0.15) is 5.56 Å². The van der Waals surface area contributed by atoms with Crippen molar-refractivity contribution in [2.45, 2.75) is 6.54 Å². The molecule has 0 spiro atoms. The third kappa shape index (κ3) is 4.88. The van der Waals surface area contributed by atoms with Crippen molar-refractivity contribution in [2.24, 2.45) is 0 Å². The maximum atomic E-state index is 12.8. The molecule has 0 aliphatic heterocycles. The Labute approximate surface area is 134 Å². The van der Waals surface area contributed by atoms with Gasteiger partial charge in [-0.2, -0.15) is 0 Å². The van der Waals surface area contributed by atoms with Crippen LogP contribution in [-0.2, 0) is 11.3 Å². The number of methoxy groups -OCH3 is 2. The van der Waals surface area contributed by atoms with E-state index in [1.54, 1.807) is 32.4 Å². The lowest BCUT2D eigenvalue weighted by Gasteiger charge is -2.12. The summed E-state index contributed by atoms with van der Waals surface area (Å²) >= 11 is 0. The van der Waals surface area contributed by atoms with Crippen LogP contribution in [0.2, 0.25) is 0 Å². The van der Waals surface area contributed by atoms with Gasteiger partial charge in [-0.25, -0.2) is 4.39 Å². The smallest absolute Gasteiger partial charge is 0.258 e. The highest BCUT2D eigenvalue weighted by Gasteiger charge is 2.08. The van der Waals surface area contributed by atoms with Gasteiger partial charge in [0, 0.05) is 12.1 Å². The van der Waals surface area contributed by atoms with Gasteiger partial charge in [0.05, 0.1) is 14.2 Å². The van der Waals surface area contributed by atoms with Gasteiger partial charge in [-0.15, -0.1) is 0 Å². The minimum atomic E-state index is -0.355. The van der Waals surface area contributed by atoms with Crippen LogP contribution in [0.25, 0.3) is 0 Å². The number of hydrogen-bond donors (Lipinski definition) is 1. The summed E-state index contributed by atoms with van der Waals surface area (Å²) in [6.45, 7) is 0.129. The standard InChI is InChI=1S/C17H18FNO4/c1-21-15-7-8-16(22-2)12(9-15)10-19-17(20)11-23-14-5-3-13(18)4-6-14/h3-9H,10-11H2,1-2H3,(H,19,20). The SMILES string of the molecule is COc1ccc(OC)c(CNC(=O)COc2ccc(F)cc2)c1. The number of ether oxygens (including phenoxy) is 3. The molecule has 0 saturated heterocycles. The van der Waals surface area contributed by atoms with E-state index in [4.69, 9.17) is 14.2 Å². The molecule has 0 fully saturated rings. The van der Waals surface area contributed by atoms with Crippen LogP contribution in [0.5, 0.6) is 17.2 Å². The number of halogens is 1. The maximum absolute atomic E-state index is 12.8. The first-order valence-corrected chi connectivity index (χ1v) is 6.98. The Hall–Kier alpha value is -2.76. The van der Waals surface area contributed by atoms with Crippen LogP contribution < -0.4 is 19.5 Å². The van der Waals surface area contributed by atoms with E-state index in [-0.39, 0.29) is 24.9 Å². The van der Waals surface area contributed by atoms with Gasteiger partial charge in [0.15, 0.2) is 6.61 Å². The molecule has 2 rings (SSSR count). The molecule has 122 valence electrons. The van der Waals surface area contributed by atoms with Crippen molar-refractivity contribution < 1.29 is 23.4 Å². The number of carbonyl (C=O) groups is 1. The molecule has 0 atom stereocenters. The monoisotopic (exact) mass is 319 g/mol. The molecule has 0 heterocycles. The molecule has 2 aromatic carbocycles. The van der Waals surface area contributed by atoms with Gasteiger partial charge in [-0.1, -0.05) is 0 Å². The fourth-order valence-electron chi connectivity index (χ4n) is 1.94. The second-order valence-corrected chi connectivity index (χ2v) is 4.70. The summed E-state index contributed by atoms with van der Waals surface area (Å²) in [6.07, 6.45) is 0. The Morgan fingerprint density at radius 1 is 1.04 bits per heavy atom. The summed E-state index contributed by atoms with van der Waals surface area (Å²) in [5.74, 6) is 1.12. The van der Waals surface area contributed by atoms with Crippen molar-refractivity contribution in [3.05, 3.63) is 53.8 Å². The van der Waals surface area contributed by atoms with Crippen LogP contribution in [-0.4, -0.2) is 26.7 Å². The molecular weight excluding hydrogens is 301 g/mol. The van der Waals surface area contributed by atoms with E-state index in [1.807, 2.05) is 0 Å². The number of nitrogens with one attached hydrogen (secondary N) is 1. The van der Waals surface area contributed by atoms with E-state index >= 15 is 0 Å². The lowest BCUT2D eigenvalue weighted by molar-refractivity contribution is -0.123. The Kier molecular flexibility index (Phi) is 5.80. The van der Waals surface area contributed by atoms with Crippen LogP contribution in [0.15, 0.2) is 42.5 Å². The van der Waals surface area contributed by atoms with Crippen LogP contribution >= 0.6 is 0 Å². The lowest BCUT2D eigenvalue weighted by Crippen LogP contribution is -2.28. The van der Waals surface area contributed by atoms with Gasteiger partial charge < -0.3 is 19.5 Å². The van der Waals surface area contributed by atoms with Gasteiger partial charge >= 0.3 is 0 Å². The molecule has 2 aromatic rings. The second kappa shape index (κ2) is 8.03. The number of rotatable bonds is 7. The average Bonchev–Trinajstić information content (AvgIpc) is 2.59. The summed E-state index contributed by atoms with van der Waals surface area (Å²) in [6, 6.07) is 10.8. The third-order valence-electron chi connectivity index (χ3n) is 3.15. The Morgan fingerprint density at radius 2 is 1.74 bits per heavy atom. The van der Waals surface area contributed by atoms with Gasteiger partial charge in [-0.3, -0.25) is 4.79 Å². The zero-order chi connectivity index (χ0) is 16.7. The fraction of sp³-hybridized carbons (Fsp3) is 0.235. The molecule has 0 bridgehead atoms. The molecule has 1 N–H and O–H groups in total. The zero-order valence-corrected chi connectivity index (χ0v) is 13.0. The van der Waals surface area contributed by atoms with Crippen molar-refractivity contribution in [2.75, 3.05) is 20.8 Å². The minimum Gasteiger partial charge on any atom is -0.497 e. The van der Waals surface area contributed by atoms with E-state index in [0.29, 0.717) is 17.2 Å². The Balaban J connectivity index is 1.87. The number of carbonyl (C=O) groups excluding carboxylic acids is 1. The van der Waals surface area contributed by atoms with Crippen LogP contribution in [0.3, 0.4) is 0 Å². The van der Waals surface area contributed by atoms with Gasteiger partial charge in [0.25, 0.3) is 5.91 Å². The topological polar surface area (TPSA) is 56.8 Å². The summed E-state index contributed by atoms with van der Waals surface area (Å²) in [5, 5.41) is 2.73. The predicted molar refractivity (Wildman–Crippen MR) is 83.3 cm³/mol. The molecule has 23 heavy (non-hydrogen) atoms. The fourth-order valence-corrected chi connectivity index (χ4v) is 1.94. The van der Waals surface area contributed by atoms with E-state index in [9.17, 15) is 9.18 Å². The summed E-state index contributed by atoms with van der Waals surface area (Å²) in [7, 11) is 3.13. The Bertz CT molecular complexity index is 658. The maximum Gasteiger partial charge on any atom is 0.258 e. The third-order valence-corrected chi connectivity index (χ3v) is 3.15. The van der Waals surface area contributed by atoms with Crippen molar-refractivity contribution in [3.63, 3.8) is 0 Å². The number of benzene rings is 2. The summed E-state index contributed by atoms with van der Waals surface area (Å²) in [5.41, 5.74) is 0.794. The Morgan fingerprint density at radius 3 is 2.39 bits per heavy atom. The summed E-state index contributed by atoms with van der Waals surface area (Å²) < 4.78 is 28.4. The first-order valence-electron chi connectivity index (χ1n) is 6.98. The second-order valence-electron chi connectivity index (χ2n) is 4.70. The minimum absolute atomic E-state index is 0.155. The quantitative estimate of drug-likeness (QED) is 0.852. The molecule has 0 aromatic heterocycles. The van der Waals surface area contributed by atoms with Gasteiger partial charge in [0.1, 0.15) is 23.1 Å². The van der Waals surface area contributed by atoms with Crippen LogP contribution in [0, 0.1) is 5.82 Å². The highest BCUT2D eigenvalue weighted by molar-refractivity contribution is 5.77. The van der Waals surface area contributed by atoms with Crippen molar-refractivity contribution in [3.8, 4) is 17.2 Å². The summed E-state index contributed by atoms with van der Waals surface area (Å²) in [4.78, 5) is 11.8. The van der Waals surface area contributed by atoms with Crippen molar-refractivity contribution >= 4 is 5.91 Å². The molecule has 1 amide bonds. The van der Waals surface area contributed by atoms with E-state index in [2.05, 4.69) is 5.32 Å². The van der Waals surface area contributed by atoms with Crippen molar-refractivity contribution in [1.82, 2.24) is 5.32 Å². The number of hydrogen-bond acceptors (Lipinski definition) is 4. The largest absolute Gasteiger partial charge is 0.497 e. The van der Waals surface area contributed by atoms with Crippen molar-refractivity contribution in [1.29, 1.82) is 0 Å². The normalized spacial score (nSPS) is 10.0. The lowest BCUT2D eigenvalue weighted by atomic mass is 10.2. The first-order chi connectivity index (χ1) is 11.1. The van der Waals surface area contributed by atoms with E-state index < -0.39 is 0 Å². The zero-order valence-electron chi connectivity index (χ0n) is 13.0. The van der Waals surface area contributed by atoms with E-state index in [1.165, 1.54) is 24.3 Å². The van der Waals surface area contributed by atoms with E-state index in [0.717, 1.165) is 5.56 Å². The molecule has 0 unspecified atom stereocenters. The van der Waals surface area contributed by atoms with Crippen LogP contribution in [0.4, 0.5) is 4.39 Å². The molecule has 6 heteroatoms. The molecule has 0 aliphatic rings. The molecule has 5 nitrogen and oxygen atoms in total. The predicted octanol–water partition coefficient (Wildman–Crippen LogP) is 2.54. The first kappa shape index (κ1) is 16.6. The highest BCUT2D eigenvalue weighted by Crippen LogP contribution is 2.23. The number of amides is 1. The average molecular weight is 319 g/mol. The van der Waals surface area contributed by atoms with Gasteiger partial charge in [0.2, 0.25) is 0 Å². The molecular formula is C17H18FNO4. The highest BCUT2D eigenvalue weighted by atomic mass is 19.1. The molecule has 0 aliphatic carbocycles.